The molecule has 0 atom stereocenters. The van der Waals surface area contributed by atoms with E-state index in [9.17, 15) is 8.42 Å². The van der Waals surface area contributed by atoms with Crippen LogP contribution in [0.2, 0.25) is 0 Å². The molecule has 0 unspecified atom stereocenters. The molecular formula is C10H12N2O3S. The Balaban J connectivity index is 2.04. The number of sulfonamides is 1. The number of nitrogens with zero attached hydrogens (tertiary/aromatic N) is 1. The van der Waals surface area contributed by atoms with Gasteiger partial charge in [0.05, 0.1) is 6.26 Å². The van der Waals surface area contributed by atoms with Crippen molar-refractivity contribution in [3.8, 4) is 0 Å². The van der Waals surface area contributed by atoms with Crippen LogP contribution in [0.1, 0.15) is 5.56 Å². The molecule has 6 heteroatoms. The molecule has 0 amide bonds. The lowest BCUT2D eigenvalue weighted by Crippen LogP contribution is -2.24. The Hall–Kier alpha value is -1.40. The summed E-state index contributed by atoms with van der Waals surface area (Å²) >= 11 is 0. The third kappa shape index (κ3) is 2.80. The van der Waals surface area contributed by atoms with Crippen LogP contribution >= 0.6 is 0 Å². The molecule has 0 saturated heterocycles. The molecule has 5 nitrogen and oxygen atoms in total. The van der Waals surface area contributed by atoms with Gasteiger partial charge >= 0.3 is 0 Å². The largest absolute Gasteiger partial charge is 0.443 e. The van der Waals surface area contributed by atoms with Gasteiger partial charge in [-0.25, -0.2) is 18.1 Å². The molecule has 0 fully saturated rings. The van der Waals surface area contributed by atoms with Crippen molar-refractivity contribution in [1.29, 1.82) is 0 Å². The summed E-state index contributed by atoms with van der Waals surface area (Å²) in [5.74, 6) is 0. The molecule has 0 bridgehead atoms. The lowest BCUT2D eigenvalue weighted by atomic mass is 10.1. The summed E-state index contributed by atoms with van der Waals surface area (Å²) in [5.41, 5.74) is 2.54. The summed E-state index contributed by atoms with van der Waals surface area (Å²) in [7, 11) is -3.11. The van der Waals surface area contributed by atoms with Crippen molar-refractivity contribution in [2.24, 2.45) is 0 Å². The molecule has 1 heterocycles. The molecule has 2 aromatic rings. The summed E-state index contributed by atoms with van der Waals surface area (Å²) in [6.07, 6.45) is 3.17. The number of benzene rings is 1. The van der Waals surface area contributed by atoms with Crippen molar-refractivity contribution in [1.82, 2.24) is 9.71 Å². The van der Waals surface area contributed by atoms with Crippen LogP contribution in [0.3, 0.4) is 0 Å². The zero-order chi connectivity index (χ0) is 11.6. The molecule has 86 valence electrons. The van der Waals surface area contributed by atoms with Gasteiger partial charge in [0.2, 0.25) is 10.0 Å². The topological polar surface area (TPSA) is 72.2 Å². The van der Waals surface area contributed by atoms with Gasteiger partial charge in [-0.05, 0) is 24.1 Å². The minimum absolute atomic E-state index is 0.387. The number of aromatic nitrogens is 1. The van der Waals surface area contributed by atoms with E-state index in [2.05, 4.69) is 9.71 Å². The standard InChI is InChI=1S/C10H12N2O3S/c1-16(13,14)12-5-4-8-2-3-9-10(6-8)15-7-11-9/h2-3,6-7,12H,4-5H2,1H3. The quantitative estimate of drug-likeness (QED) is 0.862. The van der Waals surface area contributed by atoms with Gasteiger partial charge in [-0.15, -0.1) is 0 Å². The number of fused-ring (bicyclic) bond motifs is 1. The van der Waals surface area contributed by atoms with E-state index in [0.29, 0.717) is 13.0 Å². The van der Waals surface area contributed by atoms with Gasteiger partial charge in [0.15, 0.2) is 12.0 Å². The average molecular weight is 240 g/mol. The van der Waals surface area contributed by atoms with Crippen molar-refractivity contribution >= 4 is 21.1 Å². The summed E-state index contributed by atoms with van der Waals surface area (Å²) in [5, 5.41) is 0. The van der Waals surface area contributed by atoms with Gasteiger partial charge in [-0.1, -0.05) is 6.07 Å². The molecule has 0 saturated carbocycles. The van der Waals surface area contributed by atoms with Gasteiger partial charge < -0.3 is 4.42 Å². The van der Waals surface area contributed by atoms with Crippen LogP contribution in [0.5, 0.6) is 0 Å². The highest BCUT2D eigenvalue weighted by atomic mass is 32.2. The molecule has 0 spiro atoms. The third-order valence-corrected chi connectivity index (χ3v) is 2.90. The highest BCUT2D eigenvalue weighted by Crippen LogP contribution is 2.14. The number of hydrogen-bond donors (Lipinski definition) is 1. The van der Waals surface area contributed by atoms with E-state index < -0.39 is 10.0 Å². The van der Waals surface area contributed by atoms with E-state index in [4.69, 9.17) is 4.42 Å². The van der Waals surface area contributed by atoms with Crippen LogP contribution in [0.4, 0.5) is 0 Å². The first-order valence-electron chi connectivity index (χ1n) is 4.81. The van der Waals surface area contributed by atoms with Crippen LogP contribution in [0, 0.1) is 0 Å². The Bertz CT molecular complexity index is 589. The first kappa shape index (κ1) is 11.1. The van der Waals surface area contributed by atoms with Crippen molar-refractivity contribution in [3.05, 3.63) is 30.2 Å². The number of rotatable bonds is 4. The smallest absolute Gasteiger partial charge is 0.208 e. The normalized spacial score (nSPS) is 12.1. The Kier molecular flexibility index (Phi) is 2.93. The molecule has 1 aromatic heterocycles. The van der Waals surface area contributed by atoms with Gasteiger partial charge in [0, 0.05) is 6.54 Å². The van der Waals surface area contributed by atoms with Gasteiger partial charge in [0.1, 0.15) is 5.52 Å². The molecule has 16 heavy (non-hydrogen) atoms. The summed E-state index contributed by atoms with van der Waals surface area (Å²) in [4.78, 5) is 4.00. The molecule has 0 aliphatic carbocycles. The fourth-order valence-electron chi connectivity index (χ4n) is 1.44. The predicted molar refractivity (Wildman–Crippen MR) is 60.6 cm³/mol. The first-order valence-corrected chi connectivity index (χ1v) is 6.70. The zero-order valence-electron chi connectivity index (χ0n) is 8.80. The minimum atomic E-state index is -3.11. The zero-order valence-corrected chi connectivity index (χ0v) is 9.62. The van der Waals surface area contributed by atoms with Crippen molar-refractivity contribution in [2.75, 3.05) is 12.8 Å². The molecule has 1 aromatic carbocycles. The summed E-state index contributed by atoms with van der Waals surface area (Å²) in [6, 6.07) is 5.63. The lowest BCUT2D eigenvalue weighted by Gasteiger charge is -2.02. The van der Waals surface area contributed by atoms with Crippen molar-refractivity contribution in [3.63, 3.8) is 0 Å². The van der Waals surface area contributed by atoms with Crippen molar-refractivity contribution in [2.45, 2.75) is 6.42 Å². The van der Waals surface area contributed by atoms with Crippen LogP contribution < -0.4 is 4.72 Å². The second kappa shape index (κ2) is 4.23. The minimum Gasteiger partial charge on any atom is -0.443 e. The van der Waals surface area contributed by atoms with E-state index in [1.54, 1.807) is 0 Å². The van der Waals surface area contributed by atoms with E-state index in [-0.39, 0.29) is 0 Å². The Morgan fingerprint density at radius 1 is 1.44 bits per heavy atom. The van der Waals surface area contributed by atoms with Crippen LogP contribution in [-0.2, 0) is 16.4 Å². The highest BCUT2D eigenvalue weighted by molar-refractivity contribution is 7.88. The maximum Gasteiger partial charge on any atom is 0.208 e. The lowest BCUT2D eigenvalue weighted by molar-refractivity contribution is 0.588. The summed E-state index contributed by atoms with van der Waals surface area (Å²) in [6.45, 7) is 0.387. The summed E-state index contributed by atoms with van der Waals surface area (Å²) < 4.78 is 29.3. The molecule has 0 radical (unpaired) electrons. The Labute approximate surface area is 93.5 Å². The van der Waals surface area contributed by atoms with E-state index in [1.165, 1.54) is 6.39 Å². The number of nitrogens with one attached hydrogen (secondary N) is 1. The van der Waals surface area contributed by atoms with Crippen LogP contribution in [0.15, 0.2) is 29.0 Å². The number of oxazole rings is 1. The van der Waals surface area contributed by atoms with Gasteiger partial charge in [0.25, 0.3) is 0 Å². The molecule has 2 rings (SSSR count). The van der Waals surface area contributed by atoms with Crippen LogP contribution in [-0.4, -0.2) is 26.2 Å². The van der Waals surface area contributed by atoms with E-state index in [1.807, 2.05) is 18.2 Å². The van der Waals surface area contributed by atoms with Crippen LogP contribution in [0.25, 0.3) is 11.1 Å². The molecule has 1 N–H and O–H groups in total. The average Bonchev–Trinajstić information content (AvgIpc) is 2.62. The second-order valence-electron chi connectivity index (χ2n) is 3.57. The number of hydrogen-bond acceptors (Lipinski definition) is 4. The van der Waals surface area contributed by atoms with Crippen molar-refractivity contribution < 1.29 is 12.8 Å². The Morgan fingerprint density at radius 3 is 3.00 bits per heavy atom. The van der Waals surface area contributed by atoms with E-state index >= 15 is 0 Å². The first-order chi connectivity index (χ1) is 7.54. The third-order valence-electron chi connectivity index (χ3n) is 2.17. The molecule has 0 aliphatic rings. The SMILES string of the molecule is CS(=O)(=O)NCCc1ccc2ncoc2c1. The highest BCUT2D eigenvalue weighted by Gasteiger charge is 2.02. The monoisotopic (exact) mass is 240 g/mol. The second-order valence-corrected chi connectivity index (χ2v) is 5.40. The van der Waals surface area contributed by atoms with Gasteiger partial charge in [-0.3, -0.25) is 0 Å². The molecular weight excluding hydrogens is 228 g/mol. The fourth-order valence-corrected chi connectivity index (χ4v) is 1.91. The molecule has 0 aliphatic heterocycles. The van der Waals surface area contributed by atoms with Gasteiger partial charge in [-0.2, -0.15) is 0 Å². The maximum absolute atomic E-state index is 10.9. The maximum atomic E-state index is 10.9. The predicted octanol–water partition coefficient (Wildman–Crippen LogP) is 0.919. The fraction of sp³-hybridized carbons (Fsp3) is 0.300. The van der Waals surface area contributed by atoms with E-state index in [0.717, 1.165) is 22.9 Å². The Morgan fingerprint density at radius 2 is 2.25 bits per heavy atom.